The molecule has 11 rings (SSSR count). The molecule has 0 radical (unpaired) electrons. The van der Waals surface area contributed by atoms with Crippen molar-refractivity contribution in [2.75, 3.05) is 80.8 Å². The molecule has 6 aliphatic rings. The number of unbranched alkanes of at least 4 members (excludes halogenated alkanes) is 2. The van der Waals surface area contributed by atoms with Crippen LogP contribution < -0.4 is 59.7 Å². The van der Waals surface area contributed by atoms with Gasteiger partial charge in [0.25, 0.3) is 0 Å². The standard InChI is InChI=1S/C85H114FN13O16.ClH/c1-54-77(105)90-66(29-26-63(101)35-44-114-43-14-10-13-42-99(4,5)6)78(106)91-67-47-59-17-15-18-60(45-59)50-88-73(103)53-115-71-34-41-97-76(71)81(109)94-75(55(2)100)80(108)93-68(46-57-23-27-64(113-7)28-24-57)83(111)98-40-16-36-85(98,3)84(112)87-37-33-56-19-21-58(22-20-56)51-96(74(104)32-31-72(102)89-54)39-12-9-8-11-38-95-52-61(48-69(82(97)110)92-79(67)107)65-49-62(86)25-30-70(65)95;/h15,17-25,27-28,30,45,49,52,54-55,66-69,71,75-76,100H,8-14,16,26,29,31-44,46-48,50-51,53H2,1-7H3,(H7-,87,88,89,90,91,92,93,94,102,103,105,106,107,108,109,112);1H/t54-,55+,66+,67-,68-,69-,71-,75-,76-,85-;/m0./s1. The van der Waals surface area contributed by atoms with Gasteiger partial charge in [0.2, 0.25) is 65.0 Å². The lowest BCUT2D eigenvalue weighted by atomic mass is 9.95. The van der Waals surface area contributed by atoms with Crippen LogP contribution in [0.15, 0.2) is 97.2 Å². The Balaban J connectivity index is 0.0000154. The van der Waals surface area contributed by atoms with Crippen molar-refractivity contribution in [1.82, 2.24) is 61.8 Å². The molecule has 0 spiro atoms. The third kappa shape index (κ3) is 25.1. The van der Waals surface area contributed by atoms with E-state index in [9.17, 15) is 33.9 Å². The maximum absolute atomic E-state index is 16.3. The minimum Gasteiger partial charge on any atom is -1.00 e. The quantitative estimate of drug-likeness (QED) is 0.0488. The van der Waals surface area contributed by atoms with Crippen molar-refractivity contribution in [3.63, 3.8) is 0 Å². The number of aliphatic hydroxyl groups is 1. The molecule has 2 saturated heterocycles. The number of halogens is 2. The number of carbonyl (C=O) groups is 12. The number of aryl methyl sites for hydroxylation is 1. The number of benzene rings is 4. The van der Waals surface area contributed by atoms with Crippen LogP contribution in [-0.4, -0.2) is 240 Å². The van der Waals surface area contributed by atoms with Gasteiger partial charge in [-0.3, -0.25) is 57.5 Å². The molecule has 9 N–H and O–H groups in total. The van der Waals surface area contributed by atoms with Crippen LogP contribution in [0.3, 0.4) is 0 Å². The second-order valence-corrected chi connectivity index (χ2v) is 32.4. The van der Waals surface area contributed by atoms with Crippen molar-refractivity contribution in [2.24, 2.45) is 0 Å². The van der Waals surface area contributed by atoms with Gasteiger partial charge in [0.05, 0.1) is 53.6 Å². The number of hydrogen-bond donors (Lipinski definition) is 9. The Labute approximate surface area is 683 Å². The number of aliphatic hydroxyl groups excluding tert-OH is 1. The lowest BCUT2D eigenvalue weighted by Gasteiger charge is -2.37. The molecular weight excluding hydrogens is 1510 g/mol. The Hall–Kier alpha value is -9.88. The van der Waals surface area contributed by atoms with Crippen LogP contribution in [0.25, 0.3) is 10.9 Å². The van der Waals surface area contributed by atoms with E-state index in [0.717, 1.165) is 46.3 Å². The number of nitrogens with one attached hydrogen (secondary N) is 8. The van der Waals surface area contributed by atoms with Gasteiger partial charge in [0.1, 0.15) is 71.8 Å². The van der Waals surface area contributed by atoms with E-state index >= 15 is 33.2 Å². The summed E-state index contributed by atoms with van der Waals surface area (Å²) >= 11 is 0. The fraction of sp³-hybridized carbons (Fsp3) is 0.553. The summed E-state index contributed by atoms with van der Waals surface area (Å²) < 4.78 is 36.2. The number of Topliss-reactive ketones (excluding diaryl/α,β-unsaturated/α-hetero) is 1. The number of amides is 11. The van der Waals surface area contributed by atoms with E-state index in [0.29, 0.717) is 97.1 Å². The maximum Gasteiger partial charge on any atom is 0.246 e. The van der Waals surface area contributed by atoms with Crippen LogP contribution in [-0.2, 0) is 112 Å². The molecule has 31 heteroatoms. The predicted octanol–water partition coefficient (Wildman–Crippen LogP) is 0.815. The molecule has 4 aromatic carbocycles. The summed E-state index contributed by atoms with van der Waals surface area (Å²) in [6.45, 7) is 6.04. The zero-order valence-electron chi connectivity index (χ0n) is 67.7. The van der Waals surface area contributed by atoms with Crippen LogP contribution >= 0.6 is 0 Å². The van der Waals surface area contributed by atoms with Crippen molar-refractivity contribution in [1.29, 1.82) is 0 Å². The topological polar surface area (TPSA) is 364 Å². The monoisotopic (exact) mass is 1630 g/mol. The Morgan fingerprint density at radius 3 is 2.14 bits per heavy atom. The summed E-state index contributed by atoms with van der Waals surface area (Å²) in [6.07, 6.45) is 3.07. The number of ether oxygens (including phenoxy) is 3. The Bertz CT molecular complexity index is 4290. The second kappa shape index (κ2) is 42.3. The van der Waals surface area contributed by atoms with E-state index in [4.69, 9.17) is 14.2 Å². The van der Waals surface area contributed by atoms with Gasteiger partial charge in [-0.2, -0.15) is 0 Å². The maximum atomic E-state index is 16.3. The molecule has 630 valence electrons. The van der Waals surface area contributed by atoms with Crippen molar-refractivity contribution in [3.8, 4) is 5.75 Å². The van der Waals surface area contributed by atoms with E-state index in [-0.39, 0.29) is 128 Å². The molecule has 0 unspecified atom stereocenters. The van der Waals surface area contributed by atoms with Gasteiger partial charge in [-0.05, 0) is 149 Å². The minimum atomic E-state index is -1.86. The van der Waals surface area contributed by atoms with Gasteiger partial charge in [-0.1, -0.05) is 73.5 Å². The first-order valence-electron chi connectivity index (χ1n) is 40.5. The van der Waals surface area contributed by atoms with Crippen molar-refractivity contribution in [2.45, 2.75) is 222 Å². The van der Waals surface area contributed by atoms with Gasteiger partial charge >= 0.3 is 0 Å². The number of methoxy groups -OCH3 is 1. The number of rotatable bonds is 16. The smallest absolute Gasteiger partial charge is 0.246 e. The third-order valence-corrected chi connectivity index (χ3v) is 22.4. The van der Waals surface area contributed by atoms with Crippen LogP contribution in [0.4, 0.5) is 4.39 Å². The first-order chi connectivity index (χ1) is 55.0. The number of carbonyl (C=O) groups excluding carboxylic acids is 12. The van der Waals surface area contributed by atoms with Crippen molar-refractivity contribution < 1.29 is 98.1 Å². The van der Waals surface area contributed by atoms with Gasteiger partial charge in [0, 0.05) is 114 Å². The molecule has 11 amide bonds. The zero-order chi connectivity index (χ0) is 82.5. The summed E-state index contributed by atoms with van der Waals surface area (Å²) in [5, 5.41) is 34.5. The zero-order valence-corrected chi connectivity index (χ0v) is 68.5. The van der Waals surface area contributed by atoms with Gasteiger partial charge < -0.3 is 98.0 Å². The summed E-state index contributed by atoms with van der Waals surface area (Å²) in [4.78, 5) is 183. The van der Waals surface area contributed by atoms with E-state index in [1.807, 2.05) is 28.8 Å². The van der Waals surface area contributed by atoms with E-state index in [1.54, 1.807) is 72.6 Å². The normalized spacial score (nSPS) is 24.4. The number of ketones is 1. The highest BCUT2D eigenvalue weighted by atomic mass is 35.5. The van der Waals surface area contributed by atoms with E-state index in [2.05, 4.69) is 63.7 Å². The summed E-state index contributed by atoms with van der Waals surface area (Å²) in [5.41, 5.74) is 2.78. The fourth-order valence-corrected chi connectivity index (χ4v) is 15.7. The van der Waals surface area contributed by atoms with Crippen molar-refractivity contribution >= 4 is 81.7 Å². The highest BCUT2D eigenvalue weighted by molar-refractivity contribution is 6.00. The molecule has 5 aromatic rings. The van der Waals surface area contributed by atoms with Crippen LogP contribution in [0.5, 0.6) is 5.75 Å². The molecule has 0 aliphatic carbocycles. The van der Waals surface area contributed by atoms with Gasteiger partial charge in [-0.15, -0.1) is 0 Å². The third-order valence-electron chi connectivity index (χ3n) is 22.4. The summed E-state index contributed by atoms with van der Waals surface area (Å²) in [7, 11) is 7.86. The van der Waals surface area contributed by atoms with Crippen LogP contribution in [0.2, 0.25) is 0 Å². The minimum absolute atomic E-state index is 0. The number of hydrogen-bond acceptors (Lipinski definition) is 16. The van der Waals surface area contributed by atoms with Gasteiger partial charge in [0.15, 0.2) is 0 Å². The Morgan fingerprint density at radius 1 is 0.672 bits per heavy atom. The first kappa shape index (κ1) is 90.0. The Kier molecular flexibility index (Phi) is 32.8. The molecule has 0 saturated carbocycles. The van der Waals surface area contributed by atoms with Crippen LogP contribution in [0.1, 0.15) is 150 Å². The number of nitrogens with zero attached hydrogens (tertiary/aromatic N) is 5. The first-order valence-corrected chi connectivity index (χ1v) is 40.5. The lowest BCUT2D eigenvalue weighted by Crippen LogP contribution is -3.00. The molecule has 7 heterocycles. The lowest BCUT2D eigenvalue weighted by molar-refractivity contribution is -0.870. The molecule has 29 nitrogen and oxygen atoms in total. The molecule has 10 atom stereocenters. The fourth-order valence-electron chi connectivity index (χ4n) is 15.7. The predicted molar refractivity (Wildman–Crippen MR) is 425 cm³/mol. The van der Waals surface area contributed by atoms with E-state index < -0.39 is 132 Å². The van der Waals surface area contributed by atoms with E-state index in [1.165, 1.54) is 38.0 Å². The Morgan fingerprint density at radius 2 is 1.40 bits per heavy atom. The number of fused-ring (bicyclic) bond motifs is 16. The highest BCUT2D eigenvalue weighted by Gasteiger charge is 2.50. The average Bonchev–Trinajstić information content (AvgIpc) is 1.62. The molecule has 1 aromatic heterocycles. The SMILES string of the molecule is COc1ccc(C[C@@H]2NC(=O)[C@H]([C@@H](C)O)NC(=O)[C@@H]3[C@@H]4CCN3C(=O)[C@@H]3Cc5cn(c6ccc(F)cc56)CCCCCCN(Cc5ccc(cc5)CCNC(=O)[C@]5(C)CCCN5C2=O)C(=O)CCC(=O)N[C@@H](C)C(=O)N[C@H](CCC(=O)CCOCCCCC[N+](C)(C)C)C(=O)N[C@@H](Cc2cccc(c2)CNC(=O)CO4)C(=O)N3)cc1.[Cl-]. The summed E-state index contributed by atoms with van der Waals surface area (Å²) in [6, 6.07) is 14.2. The summed E-state index contributed by atoms with van der Waals surface area (Å²) in [5.74, 6) is -8.78. The molecular formula is C85H115ClFN13O16. The molecule has 6 aliphatic heterocycles. The highest BCUT2D eigenvalue weighted by Crippen LogP contribution is 2.33. The second-order valence-electron chi connectivity index (χ2n) is 32.4. The van der Waals surface area contributed by atoms with Gasteiger partial charge in [-0.25, -0.2) is 4.39 Å². The number of aromatic nitrogens is 1. The molecule has 116 heavy (non-hydrogen) atoms. The van der Waals surface area contributed by atoms with Crippen LogP contribution in [0, 0.1) is 5.82 Å². The average molecular weight is 1630 g/mol. The molecule has 12 bridgehead atoms. The molecule has 2 fully saturated rings. The van der Waals surface area contributed by atoms with Crippen molar-refractivity contribution in [3.05, 3.63) is 136 Å². The number of quaternary nitrogens is 1. The largest absolute Gasteiger partial charge is 1.00 e.